The molecule has 0 aromatic heterocycles. The van der Waals surface area contributed by atoms with E-state index in [4.69, 9.17) is 5.11 Å². The van der Waals surface area contributed by atoms with Crippen LogP contribution >= 0.6 is 0 Å². The monoisotopic (exact) mass is 352 g/mol. The van der Waals surface area contributed by atoms with E-state index in [0.717, 1.165) is 9.80 Å². The van der Waals surface area contributed by atoms with Crippen LogP contribution < -0.4 is 44.9 Å². The Balaban J connectivity index is -0.00000180. The van der Waals surface area contributed by atoms with E-state index >= 15 is 0 Å². The second-order valence-electron chi connectivity index (χ2n) is 3.93. The number of rotatable bonds is 11. The second-order valence-corrected chi connectivity index (χ2v) is 3.93. The third-order valence-electron chi connectivity index (χ3n) is 2.15. The molecule has 0 aliphatic carbocycles. The minimum Gasteiger partial charge on any atom is -0.549 e. The molecule has 0 atom stereocenters. The minimum absolute atomic E-state index is 0. The first kappa shape index (κ1) is 26.9. The van der Waals surface area contributed by atoms with E-state index in [1.165, 1.54) is 0 Å². The quantitative estimate of drug-likeness (QED) is 0.353. The Morgan fingerprint density at radius 1 is 0.727 bits per heavy atom. The molecule has 12 heteroatoms. The van der Waals surface area contributed by atoms with Gasteiger partial charge in [0.05, 0.1) is 24.5 Å². The van der Waals surface area contributed by atoms with Crippen molar-refractivity contribution in [1.82, 2.24) is 9.80 Å². The van der Waals surface area contributed by atoms with Gasteiger partial charge in [-0.05, 0) is 0 Å². The van der Waals surface area contributed by atoms with E-state index in [2.05, 4.69) is 0 Å². The normalized spacial score (nSPS) is 9.73. The Hall–Kier alpha value is 0.0597. The van der Waals surface area contributed by atoms with Crippen molar-refractivity contribution in [2.24, 2.45) is 0 Å². The summed E-state index contributed by atoms with van der Waals surface area (Å²) in [7, 11) is 0. The van der Waals surface area contributed by atoms with Crippen molar-refractivity contribution in [3.05, 3.63) is 0 Å². The van der Waals surface area contributed by atoms with Gasteiger partial charge >= 0.3 is 73.3 Å². The molecule has 0 radical (unpaired) electrons. The van der Waals surface area contributed by atoms with Gasteiger partial charge in [0.1, 0.15) is 0 Å². The fourth-order valence-corrected chi connectivity index (χ4v) is 1.45. The Kier molecular flexibility index (Phi) is 17.9. The molecule has 0 unspecified atom stereocenters. The first-order valence-corrected chi connectivity index (χ1v) is 5.46. The second kappa shape index (κ2) is 14.6. The fourth-order valence-electron chi connectivity index (χ4n) is 1.45. The smallest absolute Gasteiger partial charge is 0.549 e. The van der Waals surface area contributed by atoms with Gasteiger partial charge in [-0.15, -0.1) is 0 Å². The van der Waals surface area contributed by atoms with Crippen molar-refractivity contribution < 1.29 is 69.2 Å². The SMILES string of the molecule is O=C([O-])CN(CCN(CC(=O)[O-])CC(=O)O)CC(=O)[O-].[Ca+2].[Na+]. The molecule has 0 fully saturated rings. The van der Waals surface area contributed by atoms with Gasteiger partial charge in [-0.1, -0.05) is 0 Å². The van der Waals surface area contributed by atoms with Crippen LogP contribution in [0.3, 0.4) is 0 Å². The molecule has 0 amide bonds. The average Bonchev–Trinajstić information content (AvgIpc) is 2.22. The molecule has 114 valence electrons. The Bertz CT molecular complexity index is 327. The maximum Gasteiger partial charge on any atom is 2.00 e. The van der Waals surface area contributed by atoms with E-state index < -0.39 is 50.1 Å². The van der Waals surface area contributed by atoms with Crippen LogP contribution in [0.15, 0.2) is 0 Å². The van der Waals surface area contributed by atoms with Gasteiger partial charge in [-0.3, -0.25) is 14.6 Å². The van der Waals surface area contributed by atoms with E-state index in [0.29, 0.717) is 0 Å². The van der Waals surface area contributed by atoms with Gasteiger partial charge < -0.3 is 34.8 Å². The van der Waals surface area contributed by atoms with Crippen molar-refractivity contribution in [3.63, 3.8) is 0 Å². The number of carboxylic acids is 4. The van der Waals surface area contributed by atoms with Gasteiger partial charge in [0, 0.05) is 32.7 Å². The maximum absolute atomic E-state index is 10.5. The summed E-state index contributed by atoms with van der Waals surface area (Å²) in [5, 5.41) is 39.8. The van der Waals surface area contributed by atoms with Crippen molar-refractivity contribution in [3.8, 4) is 0 Å². The Morgan fingerprint density at radius 2 is 1.00 bits per heavy atom. The average molecular weight is 352 g/mol. The minimum atomic E-state index is -1.52. The number of hydrogen-bond acceptors (Lipinski definition) is 9. The van der Waals surface area contributed by atoms with Crippen LogP contribution in [0.4, 0.5) is 0 Å². The van der Waals surface area contributed by atoms with E-state index in [1.54, 1.807) is 0 Å². The Labute approximate surface area is 178 Å². The molecule has 0 rings (SSSR count). The molecular formula is C10H13CaN2NaO8. The van der Waals surface area contributed by atoms with Crippen LogP contribution in [0.25, 0.3) is 0 Å². The molecule has 0 saturated heterocycles. The number of aliphatic carboxylic acids is 4. The number of carboxylic acid groups (broad SMARTS) is 4. The summed E-state index contributed by atoms with van der Waals surface area (Å²) in [6.45, 7) is -3.00. The summed E-state index contributed by atoms with van der Waals surface area (Å²) in [6.07, 6.45) is 0. The van der Waals surface area contributed by atoms with E-state index in [-0.39, 0.29) is 80.4 Å². The summed E-state index contributed by atoms with van der Waals surface area (Å²) in [5.41, 5.74) is 0. The molecule has 0 aliphatic rings. The first-order chi connectivity index (χ1) is 9.20. The van der Waals surface area contributed by atoms with Gasteiger partial charge in [-0.2, -0.15) is 0 Å². The molecule has 0 heterocycles. The number of hydrogen-bond donors (Lipinski definition) is 1. The number of carbonyl (C=O) groups excluding carboxylic acids is 3. The molecule has 0 aromatic rings. The standard InChI is InChI=1S/C10H16N2O8.Ca.Na/c13-7(14)3-11(4-8(15)16)1-2-12(5-9(17)18)6-10(19)20;;/h1-6H2,(H,13,14)(H,15,16)(H,17,18)(H,19,20);;/q;+2;+1/p-3. The predicted molar refractivity (Wildman–Crippen MR) is 61.3 cm³/mol. The predicted octanol–water partition coefficient (Wildman–Crippen LogP) is -9.45. The van der Waals surface area contributed by atoms with Crippen LogP contribution in [-0.4, -0.2) is 116 Å². The van der Waals surface area contributed by atoms with Crippen molar-refractivity contribution in [2.75, 3.05) is 39.3 Å². The maximum atomic E-state index is 10.5. The summed E-state index contributed by atoms with van der Waals surface area (Å²) in [4.78, 5) is 43.7. The third-order valence-corrected chi connectivity index (χ3v) is 2.15. The fraction of sp³-hybridized carbons (Fsp3) is 0.600. The van der Waals surface area contributed by atoms with Gasteiger partial charge in [0.15, 0.2) is 0 Å². The van der Waals surface area contributed by atoms with E-state index in [1.807, 2.05) is 0 Å². The molecule has 0 aromatic carbocycles. The summed E-state index contributed by atoms with van der Waals surface area (Å²) >= 11 is 0. The van der Waals surface area contributed by atoms with Crippen molar-refractivity contribution >= 4 is 61.6 Å². The van der Waals surface area contributed by atoms with Gasteiger partial charge in [-0.25, -0.2) is 0 Å². The van der Waals surface area contributed by atoms with Crippen molar-refractivity contribution in [1.29, 1.82) is 0 Å². The molecule has 0 saturated carbocycles. The zero-order valence-corrected chi connectivity index (χ0v) is 16.4. The molecule has 0 aliphatic heterocycles. The molecule has 10 nitrogen and oxygen atoms in total. The van der Waals surface area contributed by atoms with Gasteiger partial charge in [0.2, 0.25) is 0 Å². The number of carbonyl (C=O) groups is 4. The zero-order chi connectivity index (χ0) is 15.7. The molecular weight excluding hydrogens is 339 g/mol. The third kappa shape index (κ3) is 16.4. The van der Waals surface area contributed by atoms with E-state index in [9.17, 15) is 34.5 Å². The van der Waals surface area contributed by atoms with Gasteiger partial charge in [0.25, 0.3) is 0 Å². The topological polar surface area (TPSA) is 164 Å². The first-order valence-electron chi connectivity index (χ1n) is 5.46. The van der Waals surface area contributed by atoms with Crippen LogP contribution in [0, 0.1) is 0 Å². The largest absolute Gasteiger partial charge is 2.00 e. The Morgan fingerprint density at radius 3 is 1.23 bits per heavy atom. The molecule has 0 bridgehead atoms. The number of nitrogens with zero attached hydrogens (tertiary/aromatic N) is 2. The van der Waals surface area contributed by atoms with Crippen LogP contribution in [0.5, 0.6) is 0 Å². The van der Waals surface area contributed by atoms with Crippen LogP contribution in [-0.2, 0) is 19.2 Å². The summed E-state index contributed by atoms with van der Waals surface area (Å²) < 4.78 is 0. The zero-order valence-electron chi connectivity index (χ0n) is 12.1. The molecule has 0 spiro atoms. The molecule has 22 heavy (non-hydrogen) atoms. The molecule has 1 N–H and O–H groups in total. The van der Waals surface area contributed by atoms with Crippen LogP contribution in [0.1, 0.15) is 0 Å². The summed E-state index contributed by atoms with van der Waals surface area (Å²) in [6, 6.07) is 0. The van der Waals surface area contributed by atoms with Crippen molar-refractivity contribution in [2.45, 2.75) is 0 Å². The van der Waals surface area contributed by atoms with Crippen LogP contribution in [0.2, 0.25) is 0 Å². The summed E-state index contributed by atoms with van der Waals surface area (Å²) in [5.74, 6) is -5.82.